The summed E-state index contributed by atoms with van der Waals surface area (Å²) in [5.74, 6) is -1.05. The molecular weight excluding hydrogens is 389 g/mol. The normalized spacial score (nSPS) is 10.7. The van der Waals surface area contributed by atoms with Gasteiger partial charge >= 0.3 is 0 Å². The summed E-state index contributed by atoms with van der Waals surface area (Å²) < 4.78 is 16.0. The largest absolute Gasteiger partial charge is 0.319 e. The standard InChI is InChI=1S/C23H17ClFN3O/c24-20-7-3-8-21(22(20)25)27-23(29)19-6-2-1-5-18(19)17-11-9-16(10-12-17)15-28-14-4-13-26-28/h1-14H,15H2,(H,27,29). The number of carbonyl (C=O) groups is 1. The molecule has 0 bridgehead atoms. The minimum absolute atomic E-state index is 0.0381. The molecule has 1 aromatic heterocycles. The maximum Gasteiger partial charge on any atom is 0.256 e. The third kappa shape index (κ3) is 4.20. The summed E-state index contributed by atoms with van der Waals surface area (Å²) in [4.78, 5) is 12.8. The van der Waals surface area contributed by atoms with Crippen LogP contribution in [-0.4, -0.2) is 15.7 Å². The third-order valence-corrected chi connectivity index (χ3v) is 4.83. The molecule has 0 atom stereocenters. The highest BCUT2D eigenvalue weighted by Crippen LogP contribution is 2.27. The van der Waals surface area contributed by atoms with E-state index in [-0.39, 0.29) is 10.7 Å². The summed E-state index contributed by atoms with van der Waals surface area (Å²) in [6, 6.07) is 21.5. The number of hydrogen-bond donors (Lipinski definition) is 1. The molecular formula is C23H17ClFN3O. The number of aromatic nitrogens is 2. The van der Waals surface area contributed by atoms with E-state index in [1.54, 1.807) is 24.4 Å². The lowest BCUT2D eigenvalue weighted by Crippen LogP contribution is -2.14. The number of amides is 1. The summed E-state index contributed by atoms with van der Waals surface area (Å²) in [7, 11) is 0. The van der Waals surface area contributed by atoms with Crippen molar-refractivity contribution in [1.82, 2.24) is 9.78 Å². The fraction of sp³-hybridized carbons (Fsp3) is 0.0435. The summed E-state index contributed by atoms with van der Waals surface area (Å²) in [5, 5.41) is 6.78. The minimum Gasteiger partial charge on any atom is -0.319 e. The predicted octanol–water partition coefficient (Wildman–Crippen LogP) is 5.64. The highest BCUT2D eigenvalue weighted by molar-refractivity contribution is 6.31. The van der Waals surface area contributed by atoms with Crippen molar-refractivity contribution in [2.24, 2.45) is 0 Å². The average molecular weight is 406 g/mol. The summed E-state index contributed by atoms with van der Waals surface area (Å²) in [5.41, 5.74) is 3.25. The van der Waals surface area contributed by atoms with Gasteiger partial charge in [-0.05, 0) is 41.0 Å². The van der Waals surface area contributed by atoms with Crippen molar-refractivity contribution in [1.29, 1.82) is 0 Å². The Morgan fingerprint density at radius 2 is 1.79 bits per heavy atom. The monoisotopic (exact) mass is 405 g/mol. The Labute approximate surface area is 172 Å². The second kappa shape index (κ2) is 8.29. The number of nitrogens with zero attached hydrogens (tertiary/aromatic N) is 2. The molecule has 29 heavy (non-hydrogen) atoms. The number of hydrogen-bond acceptors (Lipinski definition) is 2. The van der Waals surface area contributed by atoms with Crippen LogP contribution in [0.25, 0.3) is 11.1 Å². The Bertz CT molecular complexity index is 1140. The first-order valence-corrected chi connectivity index (χ1v) is 9.41. The van der Waals surface area contributed by atoms with Gasteiger partial charge in [0.2, 0.25) is 0 Å². The molecule has 3 aromatic carbocycles. The second-order valence-electron chi connectivity index (χ2n) is 6.50. The van der Waals surface area contributed by atoms with Gasteiger partial charge in [0.25, 0.3) is 5.91 Å². The Hall–Kier alpha value is -3.44. The van der Waals surface area contributed by atoms with Crippen molar-refractivity contribution in [2.75, 3.05) is 5.32 Å². The molecule has 0 spiro atoms. The number of nitrogens with one attached hydrogen (secondary N) is 1. The molecule has 0 aliphatic heterocycles. The first-order chi connectivity index (χ1) is 14.1. The fourth-order valence-electron chi connectivity index (χ4n) is 3.09. The molecule has 0 unspecified atom stereocenters. The number of anilines is 1. The molecule has 1 heterocycles. The van der Waals surface area contributed by atoms with Crippen LogP contribution in [-0.2, 0) is 6.54 Å². The van der Waals surface area contributed by atoms with Crippen molar-refractivity contribution >= 4 is 23.2 Å². The maximum absolute atomic E-state index is 14.1. The van der Waals surface area contributed by atoms with Crippen molar-refractivity contribution < 1.29 is 9.18 Å². The SMILES string of the molecule is O=C(Nc1cccc(Cl)c1F)c1ccccc1-c1ccc(Cn2cccn2)cc1. The average Bonchev–Trinajstić information content (AvgIpc) is 3.25. The van der Waals surface area contributed by atoms with Gasteiger partial charge in [-0.15, -0.1) is 0 Å². The Kier molecular flexibility index (Phi) is 5.40. The molecule has 4 aromatic rings. The summed E-state index contributed by atoms with van der Waals surface area (Å²) >= 11 is 5.80. The molecule has 6 heteroatoms. The van der Waals surface area contributed by atoms with Crippen LogP contribution in [0.1, 0.15) is 15.9 Å². The third-order valence-electron chi connectivity index (χ3n) is 4.54. The van der Waals surface area contributed by atoms with E-state index in [9.17, 15) is 9.18 Å². The molecule has 0 fully saturated rings. The van der Waals surface area contributed by atoms with E-state index >= 15 is 0 Å². The number of halogens is 2. The number of benzene rings is 3. The first-order valence-electron chi connectivity index (χ1n) is 9.03. The van der Waals surface area contributed by atoms with E-state index in [1.165, 1.54) is 12.1 Å². The van der Waals surface area contributed by atoms with Crippen LogP contribution in [0.4, 0.5) is 10.1 Å². The molecule has 144 valence electrons. The van der Waals surface area contributed by atoms with E-state index in [0.717, 1.165) is 16.7 Å². The van der Waals surface area contributed by atoms with Gasteiger partial charge in [-0.2, -0.15) is 5.10 Å². The highest BCUT2D eigenvalue weighted by atomic mass is 35.5. The van der Waals surface area contributed by atoms with Crippen LogP contribution in [0.5, 0.6) is 0 Å². The molecule has 4 nitrogen and oxygen atoms in total. The zero-order valence-electron chi connectivity index (χ0n) is 15.3. The molecule has 0 saturated heterocycles. The zero-order valence-corrected chi connectivity index (χ0v) is 16.1. The molecule has 0 saturated carbocycles. The fourth-order valence-corrected chi connectivity index (χ4v) is 3.27. The van der Waals surface area contributed by atoms with Gasteiger partial charge in [-0.1, -0.05) is 60.1 Å². The van der Waals surface area contributed by atoms with Gasteiger partial charge in [0, 0.05) is 18.0 Å². The second-order valence-corrected chi connectivity index (χ2v) is 6.91. The van der Waals surface area contributed by atoms with E-state index in [0.29, 0.717) is 12.1 Å². The summed E-state index contributed by atoms with van der Waals surface area (Å²) in [6.45, 7) is 0.670. The van der Waals surface area contributed by atoms with Crippen LogP contribution < -0.4 is 5.32 Å². The Balaban J connectivity index is 1.59. The molecule has 0 radical (unpaired) electrons. The first kappa shape index (κ1) is 18.9. The van der Waals surface area contributed by atoms with Gasteiger partial charge < -0.3 is 5.32 Å². The zero-order chi connectivity index (χ0) is 20.2. The lowest BCUT2D eigenvalue weighted by atomic mass is 9.98. The quantitative estimate of drug-likeness (QED) is 0.466. The van der Waals surface area contributed by atoms with Gasteiger partial charge in [0.1, 0.15) is 0 Å². The van der Waals surface area contributed by atoms with Gasteiger partial charge in [-0.3, -0.25) is 9.48 Å². The van der Waals surface area contributed by atoms with E-state index in [1.807, 2.05) is 53.3 Å². The van der Waals surface area contributed by atoms with Gasteiger partial charge in [-0.25, -0.2) is 4.39 Å². The topological polar surface area (TPSA) is 46.9 Å². The lowest BCUT2D eigenvalue weighted by molar-refractivity contribution is 0.102. The Morgan fingerprint density at radius 1 is 1.00 bits per heavy atom. The highest BCUT2D eigenvalue weighted by Gasteiger charge is 2.15. The van der Waals surface area contributed by atoms with Gasteiger partial charge in [0.05, 0.1) is 17.3 Å². The molecule has 1 N–H and O–H groups in total. The van der Waals surface area contributed by atoms with Crippen LogP contribution in [0.2, 0.25) is 5.02 Å². The van der Waals surface area contributed by atoms with Crippen molar-refractivity contribution in [2.45, 2.75) is 6.54 Å². The lowest BCUT2D eigenvalue weighted by Gasteiger charge is -2.12. The molecule has 0 aliphatic rings. The predicted molar refractivity (Wildman–Crippen MR) is 113 cm³/mol. The van der Waals surface area contributed by atoms with E-state index in [2.05, 4.69) is 10.4 Å². The van der Waals surface area contributed by atoms with Crippen LogP contribution >= 0.6 is 11.6 Å². The molecule has 1 amide bonds. The minimum atomic E-state index is -0.650. The van der Waals surface area contributed by atoms with Crippen LogP contribution in [0, 0.1) is 5.82 Å². The number of carbonyl (C=O) groups excluding carboxylic acids is 1. The van der Waals surface area contributed by atoms with Crippen LogP contribution in [0.3, 0.4) is 0 Å². The smallest absolute Gasteiger partial charge is 0.256 e. The van der Waals surface area contributed by atoms with Crippen molar-refractivity contribution in [3.63, 3.8) is 0 Å². The van der Waals surface area contributed by atoms with Crippen LogP contribution in [0.15, 0.2) is 85.2 Å². The van der Waals surface area contributed by atoms with Gasteiger partial charge in [0.15, 0.2) is 5.82 Å². The molecule has 4 rings (SSSR count). The van der Waals surface area contributed by atoms with E-state index in [4.69, 9.17) is 11.6 Å². The van der Waals surface area contributed by atoms with Crippen molar-refractivity contribution in [3.05, 3.63) is 107 Å². The molecule has 0 aliphatic carbocycles. The van der Waals surface area contributed by atoms with Crippen molar-refractivity contribution in [3.8, 4) is 11.1 Å². The number of rotatable bonds is 5. The summed E-state index contributed by atoms with van der Waals surface area (Å²) in [6.07, 6.45) is 3.65. The Morgan fingerprint density at radius 3 is 2.55 bits per heavy atom. The maximum atomic E-state index is 14.1. The van der Waals surface area contributed by atoms with E-state index < -0.39 is 11.7 Å².